The van der Waals surface area contributed by atoms with E-state index in [1.54, 1.807) is 22.7 Å². The van der Waals surface area contributed by atoms with Crippen LogP contribution in [0.15, 0.2) is 48.5 Å². The molecule has 4 aromatic rings. The summed E-state index contributed by atoms with van der Waals surface area (Å²) in [6.45, 7) is 0.148. The predicted octanol–water partition coefficient (Wildman–Crippen LogP) is 3.63. The molecule has 0 unspecified atom stereocenters. The maximum atomic E-state index is 13.8. The standard InChI is InChI=1S/C17H12F2N4OS/c18-12-5-7-13(8-6-12)24-10-15-20-21-17-23(15)22-16(25-17)9-11-3-1-2-4-14(11)19/h1-8H,9-10H2. The van der Waals surface area contributed by atoms with Gasteiger partial charge in [-0.25, -0.2) is 8.78 Å². The first-order valence-electron chi connectivity index (χ1n) is 7.51. The Labute approximate surface area is 145 Å². The Hall–Kier alpha value is -2.87. The van der Waals surface area contributed by atoms with Gasteiger partial charge in [-0.15, -0.1) is 10.2 Å². The van der Waals surface area contributed by atoms with Crippen LogP contribution in [0.25, 0.3) is 4.96 Å². The summed E-state index contributed by atoms with van der Waals surface area (Å²) in [6.07, 6.45) is 0.388. The molecule has 0 aliphatic heterocycles. The van der Waals surface area contributed by atoms with Crippen molar-refractivity contribution in [2.45, 2.75) is 13.0 Å². The fourth-order valence-electron chi connectivity index (χ4n) is 2.34. The summed E-state index contributed by atoms with van der Waals surface area (Å²) in [6, 6.07) is 12.3. The number of hydrogen-bond donors (Lipinski definition) is 0. The first-order valence-corrected chi connectivity index (χ1v) is 8.32. The van der Waals surface area contributed by atoms with Crippen LogP contribution >= 0.6 is 11.3 Å². The van der Waals surface area contributed by atoms with Gasteiger partial charge in [0.25, 0.3) is 0 Å². The fraction of sp³-hybridized carbons (Fsp3) is 0.118. The van der Waals surface area contributed by atoms with E-state index in [-0.39, 0.29) is 18.2 Å². The molecule has 25 heavy (non-hydrogen) atoms. The zero-order valence-corrected chi connectivity index (χ0v) is 13.7. The van der Waals surface area contributed by atoms with Crippen LogP contribution in [0.4, 0.5) is 8.78 Å². The lowest BCUT2D eigenvalue weighted by atomic mass is 10.1. The lowest BCUT2D eigenvalue weighted by molar-refractivity contribution is 0.292. The largest absolute Gasteiger partial charge is 0.486 e. The van der Waals surface area contributed by atoms with Crippen LogP contribution in [0.2, 0.25) is 0 Å². The fourth-order valence-corrected chi connectivity index (χ4v) is 3.22. The molecule has 0 N–H and O–H groups in total. The second-order valence-electron chi connectivity index (χ2n) is 5.32. The summed E-state index contributed by atoms with van der Waals surface area (Å²) in [7, 11) is 0. The zero-order chi connectivity index (χ0) is 17.2. The minimum atomic E-state index is -0.325. The average Bonchev–Trinajstić information content (AvgIpc) is 3.17. The first-order chi connectivity index (χ1) is 12.2. The van der Waals surface area contributed by atoms with Crippen molar-refractivity contribution in [3.63, 3.8) is 0 Å². The van der Waals surface area contributed by atoms with E-state index in [4.69, 9.17) is 4.74 Å². The molecule has 0 atom stereocenters. The van der Waals surface area contributed by atoms with Crippen molar-refractivity contribution >= 4 is 16.3 Å². The van der Waals surface area contributed by atoms with Gasteiger partial charge in [0, 0.05) is 6.42 Å². The molecule has 0 bridgehead atoms. The van der Waals surface area contributed by atoms with Crippen molar-refractivity contribution in [1.82, 2.24) is 19.8 Å². The second kappa shape index (κ2) is 6.56. The number of ether oxygens (including phenoxy) is 1. The minimum Gasteiger partial charge on any atom is -0.486 e. The highest BCUT2D eigenvalue weighted by molar-refractivity contribution is 7.16. The summed E-state index contributed by atoms with van der Waals surface area (Å²) >= 11 is 1.35. The summed E-state index contributed by atoms with van der Waals surface area (Å²) in [5.41, 5.74) is 0.580. The lowest BCUT2D eigenvalue weighted by Gasteiger charge is -2.03. The summed E-state index contributed by atoms with van der Waals surface area (Å²) in [5.74, 6) is 0.471. The van der Waals surface area contributed by atoms with E-state index in [1.807, 2.05) is 0 Å². The van der Waals surface area contributed by atoms with Gasteiger partial charge in [0.2, 0.25) is 4.96 Å². The van der Waals surface area contributed by atoms with Crippen molar-refractivity contribution in [3.8, 4) is 5.75 Å². The van der Waals surface area contributed by atoms with E-state index in [2.05, 4.69) is 15.3 Å². The highest BCUT2D eigenvalue weighted by Crippen LogP contribution is 2.20. The number of rotatable bonds is 5. The van der Waals surface area contributed by atoms with Crippen molar-refractivity contribution in [2.24, 2.45) is 0 Å². The smallest absolute Gasteiger partial charge is 0.234 e. The molecule has 2 aromatic carbocycles. The molecule has 0 aliphatic carbocycles. The van der Waals surface area contributed by atoms with Gasteiger partial charge in [0.15, 0.2) is 5.82 Å². The van der Waals surface area contributed by atoms with E-state index in [0.717, 1.165) is 5.01 Å². The van der Waals surface area contributed by atoms with Crippen LogP contribution in [0.1, 0.15) is 16.4 Å². The number of benzene rings is 2. The van der Waals surface area contributed by atoms with Crippen LogP contribution in [-0.2, 0) is 13.0 Å². The molecule has 8 heteroatoms. The molecular weight excluding hydrogens is 346 g/mol. The quantitative estimate of drug-likeness (QED) is 0.547. The van der Waals surface area contributed by atoms with E-state index in [0.29, 0.717) is 28.5 Å². The van der Waals surface area contributed by atoms with Gasteiger partial charge in [-0.2, -0.15) is 9.61 Å². The van der Waals surface area contributed by atoms with Gasteiger partial charge in [-0.05, 0) is 35.9 Å². The Balaban J connectivity index is 1.52. The Kier molecular flexibility index (Phi) is 4.10. The third kappa shape index (κ3) is 3.34. The van der Waals surface area contributed by atoms with Gasteiger partial charge in [-0.3, -0.25) is 0 Å². The average molecular weight is 358 g/mol. The maximum Gasteiger partial charge on any atom is 0.234 e. The molecule has 0 saturated heterocycles. The van der Waals surface area contributed by atoms with Gasteiger partial charge < -0.3 is 4.74 Å². The number of hydrogen-bond acceptors (Lipinski definition) is 5. The highest BCUT2D eigenvalue weighted by atomic mass is 32.1. The van der Waals surface area contributed by atoms with E-state index >= 15 is 0 Å². The van der Waals surface area contributed by atoms with Gasteiger partial charge in [0.1, 0.15) is 29.0 Å². The van der Waals surface area contributed by atoms with Crippen molar-refractivity contribution < 1.29 is 13.5 Å². The van der Waals surface area contributed by atoms with Crippen LogP contribution in [-0.4, -0.2) is 19.8 Å². The Bertz CT molecular complexity index is 1010. The number of nitrogens with zero attached hydrogens (tertiary/aromatic N) is 4. The molecule has 0 amide bonds. The third-order valence-electron chi connectivity index (χ3n) is 3.58. The molecule has 0 spiro atoms. The Morgan fingerprint density at radius 1 is 1.00 bits per heavy atom. The Morgan fingerprint density at radius 3 is 2.60 bits per heavy atom. The number of halogens is 2. The van der Waals surface area contributed by atoms with E-state index < -0.39 is 0 Å². The van der Waals surface area contributed by atoms with Crippen LogP contribution in [0.3, 0.4) is 0 Å². The van der Waals surface area contributed by atoms with Crippen LogP contribution in [0, 0.1) is 11.6 Å². The molecule has 2 heterocycles. The van der Waals surface area contributed by atoms with Crippen LogP contribution < -0.4 is 4.74 Å². The summed E-state index contributed by atoms with van der Waals surface area (Å²) in [4.78, 5) is 0.615. The van der Waals surface area contributed by atoms with Gasteiger partial charge in [0.05, 0.1) is 0 Å². The molecule has 2 aromatic heterocycles. The minimum absolute atomic E-state index is 0.148. The highest BCUT2D eigenvalue weighted by Gasteiger charge is 2.13. The molecule has 0 saturated carbocycles. The Morgan fingerprint density at radius 2 is 1.80 bits per heavy atom. The monoisotopic (exact) mass is 358 g/mol. The van der Waals surface area contributed by atoms with Crippen LogP contribution in [0.5, 0.6) is 5.75 Å². The lowest BCUT2D eigenvalue weighted by Crippen LogP contribution is -2.03. The number of aromatic nitrogens is 4. The topological polar surface area (TPSA) is 52.3 Å². The van der Waals surface area contributed by atoms with Crippen molar-refractivity contribution in [1.29, 1.82) is 0 Å². The molecule has 4 rings (SSSR count). The maximum absolute atomic E-state index is 13.8. The molecule has 0 fully saturated rings. The van der Waals surface area contributed by atoms with E-state index in [9.17, 15) is 8.78 Å². The normalized spacial score (nSPS) is 11.1. The van der Waals surface area contributed by atoms with Gasteiger partial charge >= 0.3 is 0 Å². The first kappa shape index (κ1) is 15.6. The van der Waals surface area contributed by atoms with E-state index in [1.165, 1.54) is 41.7 Å². The van der Waals surface area contributed by atoms with Crippen molar-refractivity contribution in [3.05, 3.63) is 76.6 Å². The molecular formula is C17H12F2N4OS. The SMILES string of the molecule is Fc1ccc(OCc2nnc3sc(Cc4ccccc4F)nn23)cc1. The van der Waals surface area contributed by atoms with Gasteiger partial charge in [-0.1, -0.05) is 29.5 Å². The zero-order valence-electron chi connectivity index (χ0n) is 12.9. The summed E-state index contributed by atoms with van der Waals surface area (Å²) in [5, 5.41) is 13.3. The molecule has 0 radical (unpaired) electrons. The van der Waals surface area contributed by atoms with Crippen molar-refractivity contribution in [2.75, 3.05) is 0 Å². The number of fused-ring (bicyclic) bond motifs is 1. The second-order valence-corrected chi connectivity index (χ2v) is 6.36. The molecule has 5 nitrogen and oxygen atoms in total. The predicted molar refractivity (Wildman–Crippen MR) is 88.6 cm³/mol. The molecule has 126 valence electrons. The molecule has 0 aliphatic rings. The third-order valence-corrected chi connectivity index (χ3v) is 4.48. The summed E-state index contributed by atoms with van der Waals surface area (Å²) < 4.78 is 33.8.